The van der Waals surface area contributed by atoms with Gasteiger partial charge in [0, 0.05) is 12.6 Å². The third-order valence-corrected chi connectivity index (χ3v) is 4.21. The largest absolute Gasteiger partial charge is 0.409 e. The van der Waals surface area contributed by atoms with E-state index in [-0.39, 0.29) is 23.9 Å². The van der Waals surface area contributed by atoms with Crippen LogP contribution in [0.3, 0.4) is 0 Å². The van der Waals surface area contributed by atoms with Crippen molar-refractivity contribution in [3.05, 3.63) is 0 Å². The van der Waals surface area contributed by atoms with Gasteiger partial charge >= 0.3 is 0 Å². The summed E-state index contributed by atoms with van der Waals surface area (Å²) in [6.45, 7) is 6.66. The van der Waals surface area contributed by atoms with Crippen LogP contribution in [0.15, 0.2) is 5.16 Å². The van der Waals surface area contributed by atoms with E-state index in [1.54, 1.807) is 0 Å². The summed E-state index contributed by atoms with van der Waals surface area (Å²) in [4.78, 5) is 12.8. The van der Waals surface area contributed by atoms with E-state index in [4.69, 9.17) is 15.7 Å². The Labute approximate surface area is 127 Å². The van der Waals surface area contributed by atoms with Crippen LogP contribution in [-0.2, 0) is 9.53 Å². The third-order valence-electron chi connectivity index (χ3n) is 4.21. The van der Waals surface area contributed by atoms with Gasteiger partial charge in [-0.25, -0.2) is 0 Å². The number of rotatable bonds is 7. The zero-order chi connectivity index (χ0) is 15.9. The number of nitrogens with zero attached hydrogens (tertiary/aromatic N) is 1. The van der Waals surface area contributed by atoms with Crippen molar-refractivity contribution < 1.29 is 14.7 Å². The number of carbonyl (C=O) groups excluding carboxylic acids is 1. The smallest absolute Gasteiger partial charge is 0.234 e. The molecule has 0 aliphatic carbocycles. The highest BCUT2D eigenvalue weighted by Gasteiger charge is 2.42. The quantitative estimate of drug-likeness (QED) is 0.290. The summed E-state index contributed by atoms with van der Waals surface area (Å²) in [7, 11) is 0. The number of hydrogen-bond acceptors (Lipinski definition) is 4. The fourth-order valence-corrected chi connectivity index (χ4v) is 3.13. The van der Waals surface area contributed by atoms with Crippen molar-refractivity contribution >= 4 is 11.7 Å². The molecule has 0 aromatic heterocycles. The predicted molar refractivity (Wildman–Crippen MR) is 82.2 cm³/mol. The van der Waals surface area contributed by atoms with Gasteiger partial charge in [-0.3, -0.25) is 4.79 Å². The Kier molecular flexibility index (Phi) is 6.95. The van der Waals surface area contributed by atoms with Crippen LogP contribution in [-0.4, -0.2) is 35.7 Å². The van der Waals surface area contributed by atoms with Gasteiger partial charge < -0.3 is 21.0 Å². The first-order valence-electron chi connectivity index (χ1n) is 7.90. The van der Waals surface area contributed by atoms with E-state index in [2.05, 4.69) is 10.5 Å². The predicted octanol–water partition coefficient (Wildman–Crippen LogP) is 2.00. The number of nitrogens with two attached hydrogens (primary N) is 1. The molecule has 2 unspecified atom stereocenters. The molecule has 1 aliphatic rings. The number of nitrogens with one attached hydrogen (secondary N) is 1. The van der Waals surface area contributed by atoms with Gasteiger partial charge in [0.25, 0.3) is 0 Å². The van der Waals surface area contributed by atoms with Crippen LogP contribution >= 0.6 is 0 Å². The molecule has 1 fully saturated rings. The second-order valence-corrected chi connectivity index (χ2v) is 5.94. The SMILES string of the molecule is CCCC(CCC)(C(=O)NC1CCOC(C)C1)C(N)=NO. The Balaban J connectivity index is 2.88. The normalized spacial score (nSPS) is 23.9. The van der Waals surface area contributed by atoms with Gasteiger partial charge in [0.15, 0.2) is 5.84 Å². The lowest BCUT2D eigenvalue weighted by Gasteiger charge is -2.35. The number of hydrogen-bond donors (Lipinski definition) is 3. The van der Waals surface area contributed by atoms with Crippen LogP contribution in [0.25, 0.3) is 0 Å². The summed E-state index contributed by atoms with van der Waals surface area (Å²) in [6.07, 6.45) is 4.53. The van der Waals surface area contributed by atoms with Crippen LogP contribution in [0.1, 0.15) is 59.3 Å². The fourth-order valence-electron chi connectivity index (χ4n) is 3.13. The minimum absolute atomic E-state index is 0.0174. The summed E-state index contributed by atoms with van der Waals surface area (Å²) < 4.78 is 5.50. The molecule has 0 saturated carbocycles. The Morgan fingerprint density at radius 1 is 1.43 bits per heavy atom. The van der Waals surface area contributed by atoms with Gasteiger partial charge in [-0.1, -0.05) is 31.8 Å². The lowest BCUT2D eigenvalue weighted by molar-refractivity contribution is -0.130. The average Bonchev–Trinajstić information content (AvgIpc) is 2.46. The van der Waals surface area contributed by atoms with Crippen LogP contribution in [0, 0.1) is 5.41 Å². The number of carbonyl (C=O) groups is 1. The molecule has 4 N–H and O–H groups in total. The van der Waals surface area contributed by atoms with Crippen molar-refractivity contribution in [2.24, 2.45) is 16.3 Å². The van der Waals surface area contributed by atoms with E-state index in [1.165, 1.54) is 0 Å². The summed E-state index contributed by atoms with van der Waals surface area (Å²) in [6, 6.07) is 0.0980. The second-order valence-electron chi connectivity index (χ2n) is 5.94. The minimum Gasteiger partial charge on any atom is -0.409 e. The van der Waals surface area contributed by atoms with Crippen molar-refractivity contribution in [3.8, 4) is 0 Å². The van der Waals surface area contributed by atoms with E-state index in [1.807, 2.05) is 20.8 Å². The maximum absolute atomic E-state index is 12.8. The van der Waals surface area contributed by atoms with E-state index in [0.717, 1.165) is 25.7 Å². The summed E-state index contributed by atoms with van der Waals surface area (Å²) in [5, 5.41) is 15.3. The van der Waals surface area contributed by atoms with Crippen molar-refractivity contribution in [2.75, 3.05) is 6.61 Å². The van der Waals surface area contributed by atoms with Gasteiger partial charge in [0.2, 0.25) is 5.91 Å². The highest BCUT2D eigenvalue weighted by molar-refractivity contribution is 6.06. The Bertz CT molecular complexity index is 365. The molecule has 1 aliphatic heterocycles. The summed E-state index contributed by atoms with van der Waals surface area (Å²) in [5.74, 6) is -0.107. The third kappa shape index (κ3) is 4.33. The molecule has 21 heavy (non-hydrogen) atoms. The summed E-state index contributed by atoms with van der Waals surface area (Å²) in [5.41, 5.74) is 4.97. The van der Waals surface area contributed by atoms with Gasteiger partial charge in [-0.05, 0) is 32.6 Å². The highest BCUT2D eigenvalue weighted by atomic mass is 16.5. The molecule has 0 radical (unpaired) electrons. The van der Waals surface area contributed by atoms with Crippen molar-refractivity contribution in [1.82, 2.24) is 5.32 Å². The van der Waals surface area contributed by atoms with Gasteiger partial charge in [-0.2, -0.15) is 0 Å². The molecule has 0 spiro atoms. The zero-order valence-electron chi connectivity index (χ0n) is 13.4. The molecule has 1 amide bonds. The Hall–Kier alpha value is -1.30. The maximum atomic E-state index is 12.8. The minimum atomic E-state index is -0.903. The Morgan fingerprint density at radius 3 is 2.52 bits per heavy atom. The first-order chi connectivity index (χ1) is 10.00. The topological polar surface area (TPSA) is 96.9 Å². The fraction of sp³-hybridized carbons (Fsp3) is 0.867. The van der Waals surface area contributed by atoms with Crippen LogP contribution in [0.4, 0.5) is 0 Å². The van der Waals surface area contributed by atoms with Crippen molar-refractivity contribution in [2.45, 2.75) is 71.4 Å². The molecule has 122 valence electrons. The number of oxime groups is 1. The van der Waals surface area contributed by atoms with Crippen LogP contribution < -0.4 is 11.1 Å². The van der Waals surface area contributed by atoms with E-state index in [9.17, 15) is 4.79 Å². The molecule has 2 atom stereocenters. The first kappa shape index (κ1) is 17.8. The lowest BCUT2D eigenvalue weighted by atomic mass is 9.76. The van der Waals surface area contributed by atoms with Gasteiger partial charge in [0.1, 0.15) is 5.41 Å². The van der Waals surface area contributed by atoms with Crippen LogP contribution in [0.2, 0.25) is 0 Å². The molecular formula is C15H29N3O3. The Morgan fingerprint density at radius 2 is 2.05 bits per heavy atom. The van der Waals surface area contributed by atoms with Crippen molar-refractivity contribution in [1.29, 1.82) is 0 Å². The first-order valence-corrected chi connectivity index (χ1v) is 7.90. The molecule has 0 aromatic carbocycles. The number of ether oxygens (including phenoxy) is 1. The molecule has 0 aromatic rings. The zero-order valence-corrected chi connectivity index (χ0v) is 13.4. The van der Waals surface area contributed by atoms with E-state index < -0.39 is 5.41 Å². The second kappa shape index (κ2) is 8.22. The van der Waals surface area contributed by atoms with E-state index in [0.29, 0.717) is 19.4 Å². The van der Waals surface area contributed by atoms with Crippen molar-refractivity contribution in [3.63, 3.8) is 0 Å². The van der Waals surface area contributed by atoms with Crippen LogP contribution in [0.5, 0.6) is 0 Å². The molecule has 6 heteroatoms. The monoisotopic (exact) mass is 299 g/mol. The standard InChI is InChI=1S/C15H29N3O3/c1-4-7-15(8-5-2,13(16)18-20)14(19)17-12-6-9-21-11(3)10-12/h11-12,20H,4-10H2,1-3H3,(H2,16,18)(H,17,19). The number of amidine groups is 1. The van der Waals surface area contributed by atoms with E-state index >= 15 is 0 Å². The summed E-state index contributed by atoms with van der Waals surface area (Å²) >= 11 is 0. The molecule has 1 saturated heterocycles. The van der Waals surface area contributed by atoms with Gasteiger partial charge in [0.05, 0.1) is 6.10 Å². The number of amides is 1. The molecule has 0 bridgehead atoms. The molecule has 6 nitrogen and oxygen atoms in total. The lowest BCUT2D eigenvalue weighted by Crippen LogP contribution is -2.53. The molecule has 1 heterocycles. The molecule has 1 rings (SSSR count). The maximum Gasteiger partial charge on any atom is 0.234 e. The average molecular weight is 299 g/mol. The van der Waals surface area contributed by atoms with Gasteiger partial charge in [-0.15, -0.1) is 0 Å². The highest BCUT2D eigenvalue weighted by Crippen LogP contribution is 2.31. The molecular weight excluding hydrogens is 270 g/mol.